The number of carbonyl (C=O) groups excluding carboxylic acids is 1. The number of rotatable bonds is 5. The van der Waals surface area contributed by atoms with Crippen molar-refractivity contribution < 1.29 is 14.8 Å². The maximum atomic E-state index is 12.7. The summed E-state index contributed by atoms with van der Waals surface area (Å²) in [5.41, 5.74) is 1.69. The van der Waals surface area contributed by atoms with Gasteiger partial charge in [-0.1, -0.05) is 13.0 Å². The summed E-state index contributed by atoms with van der Waals surface area (Å²) in [6, 6.07) is 4.75. The van der Waals surface area contributed by atoms with E-state index in [0.717, 1.165) is 44.3 Å². The van der Waals surface area contributed by atoms with E-state index in [1.54, 1.807) is 11.0 Å². The highest BCUT2D eigenvalue weighted by Crippen LogP contribution is 2.35. The first-order chi connectivity index (χ1) is 12.0. The second kappa shape index (κ2) is 7.09. The van der Waals surface area contributed by atoms with Crippen LogP contribution in [0.2, 0.25) is 0 Å². The molecule has 1 fully saturated rings. The molecule has 1 aromatic rings. The molecule has 1 amide bonds. The van der Waals surface area contributed by atoms with Gasteiger partial charge < -0.3 is 10.0 Å². The first-order valence-corrected chi connectivity index (χ1v) is 8.89. The van der Waals surface area contributed by atoms with E-state index < -0.39 is 4.92 Å². The molecular formula is C18H25N3O4. The summed E-state index contributed by atoms with van der Waals surface area (Å²) in [6.45, 7) is 4.82. The van der Waals surface area contributed by atoms with Crippen molar-refractivity contribution in [1.29, 1.82) is 0 Å². The standard InChI is InChI=1S/C18H25N3O4/c1-2-18(13-22)6-9-19(10-7-18)12-17(23)20-8-5-14-3-4-15(21(24)25)11-16(14)20/h3-4,11,22H,2,5-10,12-13H2,1H3. The first-order valence-electron chi connectivity index (χ1n) is 8.89. The lowest BCUT2D eigenvalue weighted by molar-refractivity contribution is -0.384. The molecule has 0 spiro atoms. The van der Waals surface area contributed by atoms with Gasteiger partial charge >= 0.3 is 0 Å². The highest BCUT2D eigenvalue weighted by Gasteiger charge is 2.34. The van der Waals surface area contributed by atoms with Crippen molar-refractivity contribution in [3.63, 3.8) is 0 Å². The smallest absolute Gasteiger partial charge is 0.271 e. The van der Waals surface area contributed by atoms with E-state index in [4.69, 9.17) is 0 Å². The molecule has 2 heterocycles. The molecule has 0 aliphatic carbocycles. The van der Waals surface area contributed by atoms with Crippen LogP contribution >= 0.6 is 0 Å². The predicted molar refractivity (Wildman–Crippen MR) is 94.6 cm³/mol. The number of hydrogen-bond donors (Lipinski definition) is 1. The summed E-state index contributed by atoms with van der Waals surface area (Å²) in [6.07, 6.45) is 3.49. The Kier molecular flexibility index (Phi) is 5.06. The zero-order chi connectivity index (χ0) is 18.0. The van der Waals surface area contributed by atoms with Crippen molar-refractivity contribution in [2.24, 2.45) is 5.41 Å². The molecule has 7 nitrogen and oxygen atoms in total. The topological polar surface area (TPSA) is 86.9 Å². The van der Waals surface area contributed by atoms with Gasteiger partial charge in [0.25, 0.3) is 5.69 Å². The minimum atomic E-state index is -0.425. The van der Waals surface area contributed by atoms with Crippen LogP contribution in [0.3, 0.4) is 0 Å². The number of aliphatic hydroxyl groups is 1. The Morgan fingerprint density at radius 2 is 2.04 bits per heavy atom. The highest BCUT2D eigenvalue weighted by atomic mass is 16.6. The van der Waals surface area contributed by atoms with Crippen molar-refractivity contribution in [3.8, 4) is 0 Å². The van der Waals surface area contributed by atoms with Crippen LogP contribution in [0.5, 0.6) is 0 Å². The van der Waals surface area contributed by atoms with Gasteiger partial charge in [0.1, 0.15) is 0 Å². The summed E-state index contributed by atoms with van der Waals surface area (Å²) in [5, 5.41) is 20.6. The minimum absolute atomic E-state index is 0.000400. The number of piperidine rings is 1. The summed E-state index contributed by atoms with van der Waals surface area (Å²) in [5.74, 6) is -0.00718. The highest BCUT2D eigenvalue weighted by molar-refractivity contribution is 5.97. The van der Waals surface area contributed by atoms with E-state index in [-0.39, 0.29) is 23.6 Å². The van der Waals surface area contributed by atoms with E-state index in [9.17, 15) is 20.0 Å². The average Bonchev–Trinajstić information content (AvgIpc) is 3.06. The zero-order valence-corrected chi connectivity index (χ0v) is 14.6. The lowest BCUT2D eigenvalue weighted by atomic mass is 9.77. The van der Waals surface area contributed by atoms with Gasteiger partial charge in [0.05, 0.1) is 17.2 Å². The molecule has 0 unspecified atom stereocenters. The monoisotopic (exact) mass is 347 g/mol. The van der Waals surface area contributed by atoms with E-state index >= 15 is 0 Å². The van der Waals surface area contributed by atoms with Crippen LogP contribution < -0.4 is 4.90 Å². The molecule has 0 aromatic heterocycles. The number of anilines is 1. The predicted octanol–water partition coefficient (Wildman–Crippen LogP) is 1.97. The normalized spacial score (nSPS) is 19.7. The van der Waals surface area contributed by atoms with Gasteiger partial charge in [0, 0.05) is 25.3 Å². The third-order valence-electron chi connectivity index (χ3n) is 5.84. The number of nitro groups is 1. The molecule has 7 heteroatoms. The van der Waals surface area contributed by atoms with E-state index in [0.29, 0.717) is 18.8 Å². The number of fused-ring (bicyclic) bond motifs is 1. The molecule has 25 heavy (non-hydrogen) atoms. The molecule has 0 saturated carbocycles. The molecule has 0 radical (unpaired) electrons. The third-order valence-corrected chi connectivity index (χ3v) is 5.84. The molecule has 0 bridgehead atoms. The fraction of sp³-hybridized carbons (Fsp3) is 0.611. The van der Waals surface area contributed by atoms with Crippen LogP contribution in [0.25, 0.3) is 0 Å². The molecule has 0 atom stereocenters. The largest absolute Gasteiger partial charge is 0.396 e. The van der Waals surface area contributed by atoms with E-state index in [1.807, 2.05) is 0 Å². The van der Waals surface area contributed by atoms with Gasteiger partial charge in [-0.15, -0.1) is 0 Å². The van der Waals surface area contributed by atoms with Crippen LogP contribution in [0, 0.1) is 15.5 Å². The van der Waals surface area contributed by atoms with Gasteiger partial charge in [-0.2, -0.15) is 0 Å². The number of benzene rings is 1. The van der Waals surface area contributed by atoms with Crippen molar-refractivity contribution in [2.45, 2.75) is 32.6 Å². The number of likely N-dealkylation sites (tertiary alicyclic amines) is 1. The van der Waals surface area contributed by atoms with Gasteiger partial charge in [-0.05, 0) is 49.8 Å². The summed E-state index contributed by atoms with van der Waals surface area (Å²) in [7, 11) is 0. The van der Waals surface area contributed by atoms with Crippen molar-refractivity contribution in [2.75, 3.05) is 37.7 Å². The van der Waals surface area contributed by atoms with E-state index in [2.05, 4.69) is 11.8 Å². The minimum Gasteiger partial charge on any atom is -0.396 e. The Morgan fingerprint density at radius 3 is 2.64 bits per heavy atom. The molecule has 2 aliphatic rings. The number of carbonyl (C=O) groups is 1. The lowest BCUT2D eigenvalue weighted by Gasteiger charge is -2.40. The number of non-ortho nitro benzene ring substituents is 1. The number of aliphatic hydroxyl groups excluding tert-OH is 1. The maximum Gasteiger partial charge on any atom is 0.271 e. The van der Waals surface area contributed by atoms with Crippen LogP contribution in [0.4, 0.5) is 11.4 Å². The van der Waals surface area contributed by atoms with E-state index in [1.165, 1.54) is 12.1 Å². The number of amides is 1. The molecular weight excluding hydrogens is 322 g/mol. The molecule has 2 aliphatic heterocycles. The molecule has 136 valence electrons. The van der Waals surface area contributed by atoms with Gasteiger partial charge in [-0.25, -0.2) is 0 Å². The quantitative estimate of drug-likeness (QED) is 0.650. The molecule has 1 N–H and O–H groups in total. The van der Waals surface area contributed by atoms with Crippen LogP contribution in [0.15, 0.2) is 18.2 Å². The lowest BCUT2D eigenvalue weighted by Crippen LogP contribution is -2.46. The number of nitrogens with zero attached hydrogens (tertiary/aromatic N) is 3. The van der Waals surface area contributed by atoms with Crippen LogP contribution in [-0.4, -0.2) is 53.6 Å². The Bertz CT molecular complexity index is 662. The molecule has 1 saturated heterocycles. The van der Waals surface area contributed by atoms with Crippen LogP contribution in [-0.2, 0) is 11.2 Å². The zero-order valence-electron chi connectivity index (χ0n) is 14.6. The summed E-state index contributed by atoms with van der Waals surface area (Å²) < 4.78 is 0. The fourth-order valence-corrected chi connectivity index (χ4v) is 3.83. The Hall–Kier alpha value is -1.99. The SMILES string of the molecule is CCC1(CO)CCN(CC(=O)N2CCc3ccc([N+](=O)[O-])cc32)CC1. The second-order valence-electron chi connectivity index (χ2n) is 7.15. The molecule has 3 rings (SSSR count). The van der Waals surface area contributed by atoms with Gasteiger partial charge in [0.15, 0.2) is 0 Å². The fourth-order valence-electron chi connectivity index (χ4n) is 3.83. The Morgan fingerprint density at radius 1 is 1.32 bits per heavy atom. The number of nitro benzene ring substituents is 1. The Balaban J connectivity index is 1.65. The molecule has 1 aromatic carbocycles. The van der Waals surface area contributed by atoms with Crippen molar-refractivity contribution >= 4 is 17.3 Å². The Labute approximate surface area is 147 Å². The number of hydrogen-bond acceptors (Lipinski definition) is 5. The van der Waals surface area contributed by atoms with Crippen molar-refractivity contribution in [1.82, 2.24) is 4.90 Å². The third kappa shape index (κ3) is 3.52. The average molecular weight is 347 g/mol. The summed E-state index contributed by atoms with van der Waals surface area (Å²) in [4.78, 5) is 27.1. The van der Waals surface area contributed by atoms with Gasteiger partial charge in [-0.3, -0.25) is 19.8 Å². The van der Waals surface area contributed by atoms with Gasteiger partial charge in [0.2, 0.25) is 5.91 Å². The first kappa shape index (κ1) is 17.8. The summed E-state index contributed by atoms with van der Waals surface area (Å²) >= 11 is 0. The van der Waals surface area contributed by atoms with Crippen LogP contribution in [0.1, 0.15) is 31.7 Å². The van der Waals surface area contributed by atoms with Crippen molar-refractivity contribution in [3.05, 3.63) is 33.9 Å². The second-order valence-corrected chi connectivity index (χ2v) is 7.15. The maximum absolute atomic E-state index is 12.7.